The van der Waals surface area contributed by atoms with Gasteiger partial charge in [0.1, 0.15) is 6.61 Å². The minimum atomic E-state index is -5.23. The van der Waals surface area contributed by atoms with Crippen molar-refractivity contribution >= 4 is 27.2 Å². The summed E-state index contributed by atoms with van der Waals surface area (Å²) in [7, 11) is -10.2. The Hall–Kier alpha value is -1.08. The number of hydrogen-bond donors (Lipinski definition) is 4. The quantitative estimate of drug-likeness (QED) is 0.242. The van der Waals surface area contributed by atoms with Gasteiger partial charge in [0.2, 0.25) is 0 Å². The molecule has 5 aliphatic rings. The second kappa shape index (κ2) is 11.4. The number of phosphoric acid groups is 2. The molecule has 11 atom stereocenters. The van der Waals surface area contributed by atoms with E-state index in [1.165, 1.54) is 0 Å². The van der Waals surface area contributed by atoms with E-state index in [0.29, 0.717) is 25.7 Å². The molecule has 5 N–H and O–H groups in total. The summed E-state index contributed by atoms with van der Waals surface area (Å²) in [6.45, 7) is 4.39. The van der Waals surface area contributed by atoms with Gasteiger partial charge < -0.3 is 30.1 Å². The number of allylic oxidation sites excluding steroid dienone is 4. The van der Waals surface area contributed by atoms with Gasteiger partial charge in [0.15, 0.2) is 23.5 Å². The van der Waals surface area contributed by atoms with Gasteiger partial charge in [-0.15, -0.1) is 0 Å². The first kappa shape index (κ1) is 32.3. The minimum Gasteiger partial charge on any atom is -0.393 e. The number of carbonyl (C=O) groups excluding carboxylic acids is 2. The van der Waals surface area contributed by atoms with Gasteiger partial charge in [-0.25, -0.2) is 9.13 Å². The molecular formula is C27H41NO12P2. The molecule has 1 heterocycles. The Labute approximate surface area is 245 Å². The van der Waals surface area contributed by atoms with Crippen molar-refractivity contribution < 1.29 is 56.4 Å². The van der Waals surface area contributed by atoms with E-state index in [4.69, 9.17) is 19.7 Å². The monoisotopic (exact) mass is 633 g/mol. The van der Waals surface area contributed by atoms with Crippen LogP contribution in [0.5, 0.6) is 0 Å². The highest BCUT2D eigenvalue weighted by Gasteiger charge is 2.75. The molecular weight excluding hydrogens is 592 g/mol. The molecule has 0 bridgehead atoms. The number of ether oxygens (including phenoxy) is 2. The molecule has 1 saturated heterocycles. The standard InChI is InChI=1S/C27H41NO12P2/c1-4-5-23-38-22-13-19-18-7-6-16-12-17(29)8-9-25(16,2)24(18)20(30)14-26(19,3)27(22,39-23)21(31)15-37-42(34,35)40-41(32,33)36-11-10-28/h8-9,12,18-20,22-24,30H,4-7,10-11,13-15,28H2,1-3H3,(H,32,33)(H,34,35)/t18-,19?,20-,22+,23?,24+,25-,26-,27+/m0/s1. The number of nitrogens with two attached hydrogens (primary N) is 1. The van der Waals surface area contributed by atoms with Crippen molar-refractivity contribution in [3.8, 4) is 0 Å². The molecule has 0 aromatic carbocycles. The van der Waals surface area contributed by atoms with Crippen molar-refractivity contribution in [2.24, 2.45) is 34.3 Å². The lowest BCUT2D eigenvalue weighted by atomic mass is 9.46. The Morgan fingerprint density at radius 1 is 1.21 bits per heavy atom. The number of aliphatic hydroxyl groups excluding tert-OH is 1. The number of Topliss-reactive ketones (excluding diaryl/α,β-unsaturated/α-hetero) is 1. The van der Waals surface area contributed by atoms with Crippen molar-refractivity contribution in [2.75, 3.05) is 19.8 Å². The van der Waals surface area contributed by atoms with Crippen LogP contribution in [0.3, 0.4) is 0 Å². The lowest BCUT2D eigenvalue weighted by Gasteiger charge is -2.59. The maximum absolute atomic E-state index is 14.1. The van der Waals surface area contributed by atoms with Crippen molar-refractivity contribution in [1.82, 2.24) is 0 Å². The van der Waals surface area contributed by atoms with E-state index in [1.807, 2.05) is 19.9 Å². The molecule has 13 nitrogen and oxygen atoms in total. The van der Waals surface area contributed by atoms with Gasteiger partial charge in [0.05, 0.1) is 18.8 Å². The number of hydrogen-bond acceptors (Lipinski definition) is 11. The zero-order valence-corrected chi connectivity index (χ0v) is 25.8. The molecule has 0 spiro atoms. The third-order valence-electron chi connectivity index (χ3n) is 10.2. The second-order valence-electron chi connectivity index (χ2n) is 12.5. The molecule has 15 heteroatoms. The van der Waals surface area contributed by atoms with Crippen LogP contribution in [0.2, 0.25) is 0 Å². The number of rotatable bonds is 11. The summed E-state index contributed by atoms with van der Waals surface area (Å²) in [6.07, 6.45) is 6.19. The van der Waals surface area contributed by atoms with E-state index in [0.717, 1.165) is 12.0 Å². The molecule has 236 valence electrons. The van der Waals surface area contributed by atoms with Gasteiger partial charge in [0, 0.05) is 23.3 Å². The number of carbonyl (C=O) groups is 2. The molecule has 0 aromatic rings. The summed E-state index contributed by atoms with van der Waals surface area (Å²) in [6, 6.07) is 0. The smallest absolute Gasteiger partial charge is 0.393 e. The summed E-state index contributed by atoms with van der Waals surface area (Å²) in [5, 5.41) is 11.8. The maximum Gasteiger partial charge on any atom is 0.481 e. The molecule has 0 radical (unpaired) electrons. The third-order valence-corrected chi connectivity index (χ3v) is 12.8. The lowest BCUT2D eigenvalue weighted by Crippen LogP contribution is -2.63. The van der Waals surface area contributed by atoms with Crippen LogP contribution < -0.4 is 5.73 Å². The van der Waals surface area contributed by atoms with Crippen molar-refractivity contribution in [3.63, 3.8) is 0 Å². The van der Waals surface area contributed by atoms with E-state index in [2.05, 4.69) is 15.8 Å². The van der Waals surface area contributed by atoms with Gasteiger partial charge in [-0.1, -0.05) is 38.8 Å². The molecule has 3 saturated carbocycles. The number of fused-ring (bicyclic) bond motifs is 7. The molecule has 5 rings (SSSR count). The van der Waals surface area contributed by atoms with Crippen LogP contribution in [-0.4, -0.2) is 70.3 Å². The van der Waals surface area contributed by atoms with Gasteiger partial charge in [-0.05, 0) is 56.1 Å². The molecule has 42 heavy (non-hydrogen) atoms. The Bertz CT molecular complexity index is 1270. The molecule has 0 aromatic heterocycles. The summed E-state index contributed by atoms with van der Waals surface area (Å²) in [5.41, 5.74) is 3.20. The molecule has 0 amide bonds. The van der Waals surface area contributed by atoms with E-state index in [-0.39, 0.29) is 36.5 Å². The first-order valence-corrected chi connectivity index (χ1v) is 17.5. The van der Waals surface area contributed by atoms with Crippen LogP contribution in [0.1, 0.15) is 59.3 Å². The van der Waals surface area contributed by atoms with Gasteiger partial charge in [-0.3, -0.25) is 18.6 Å². The second-order valence-corrected chi connectivity index (χ2v) is 15.5. The number of aliphatic hydroxyl groups is 1. The Morgan fingerprint density at radius 2 is 1.93 bits per heavy atom. The fourth-order valence-corrected chi connectivity index (χ4v) is 10.6. The Morgan fingerprint density at radius 3 is 2.62 bits per heavy atom. The van der Waals surface area contributed by atoms with Gasteiger partial charge in [0.25, 0.3) is 0 Å². The van der Waals surface area contributed by atoms with Gasteiger partial charge in [-0.2, -0.15) is 4.31 Å². The predicted molar refractivity (Wildman–Crippen MR) is 147 cm³/mol. The van der Waals surface area contributed by atoms with Crippen LogP contribution in [0.25, 0.3) is 0 Å². The van der Waals surface area contributed by atoms with E-state index in [9.17, 15) is 33.6 Å². The average Bonchev–Trinajstić information content (AvgIpc) is 3.38. The van der Waals surface area contributed by atoms with Crippen LogP contribution in [0.15, 0.2) is 23.8 Å². The third kappa shape index (κ3) is 5.28. The van der Waals surface area contributed by atoms with Crippen molar-refractivity contribution in [2.45, 2.75) is 83.4 Å². The zero-order chi connectivity index (χ0) is 30.7. The first-order valence-electron chi connectivity index (χ1n) is 14.5. The zero-order valence-electron chi connectivity index (χ0n) is 24.0. The van der Waals surface area contributed by atoms with Crippen molar-refractivity contribution in [3.05, 3.63) is 23.8 Å². The fourth-order valence-electron chi connectivity index (χ4n) is 8.60. The topological polar surface area (TPSA) is 201 Å². The summed E-state index contributed by atoms with van der Waals surface area (Å²) in [5.74, 6) is -1.05. The molecule has 4 unspecified atom stereocenters. The highest BCUT2D eigenvalue weighted by Crippen LogP contribution is 2.70. The maximum atomic E-state index is 14.1. The lowest BCUT2D eigenvalue weighted by molar-refractivity contribution is -0.200. The number of ketones is 2. The fraction of sp³-hybridized carbons (Fsp3) is 0.778. The molecule has 1 aliphatic heterocycles. The highest BCUT2D eigenvalue weighted by molar-refractivity contribution is 7.61. The van der Waals surface area contributed by atoms with Crippen LogP contribution in [0, 0.1) is 28.6 Å². The van der Waals surface area contributed by atoms with Crippen LogP contribution >= 0.6 is 15.6 Å². The Balaban J connectivity index is 1.43. The average molecular weight is 634 g/mol. The molecule has 4 aliphatic carbocycles. The van der Waals surface area contributed by atoms with Gasteiger partial charge >= 0.3 is 15.6 Å². The summed E-state index contributed by atoms with van der Waals surface area (Å²) in [4.78, 5) is 46.1. The number of phosphoric ester groups is 2. The minimum absolute atomic E-state index is 0.0148. The van der Waals surface area contributed by atoms with E-state index >= 15 is 0 Å². The first-order chi connectivity index (χ1) is 19.6. The van der Waals surface area contributed by atoms with Crippen molar-refractivity contribution in [1.29, 1.82) is 0 Å². The molecule has 4 fully saturated rings. The summed E-state index contributed by atoms with van der Waals surface area (Å²) < 4.78 is 51.0. The highest BCUT2D eigenvalue weighted by atomic mass is 31.3. The summed E-state index contributed by atoms with van der Waals surface area (Å²) >= 11 is 0. The Kier molecular flexibility index (Phi) is 8.75. The normalized spacial score (nSPS) is 43.4. The van der Waals surface area contributed by atoms with Crippen LogP contribution in [0.4, 0.5) is 0 Å². The largest absolute Gasteiger partial charge is 0.481 e. The SMILES string of the molecule is CCCC1O[C@@H]2CC3[C@@H]4CCC5=CC(=O)C=C[C@]5(C)[C@H]4[C@@H](O)C[C@]3(C)[C@]2(C(=O)COP(=O)(O)OP(=O)(O)OCCN)O1. The predicted octanol–water partition coefficient (Wildman–Crippen LogP) is 2.93. The van der Waals surface area contributed by atoms with E-state index < -0.39 is 69.6 Å². The van der Waals surface area contributed by atoms with Crippen LogP contribution in [-0.2, 0) is 41.6 Å². The van der Waals surface area contributed by atoms with E-state index in [1.54, 1.807) is 12.2 Å².